The second-order valence-corrected chi connectivity index (χ2v) is 4.42. The summed E-state index contributed by atoms with van der Waals surface area (Å²) in [7, 11) is -2.17. The van der Waals surface area contributed by atoms with Crippen LogP contribution in [0.15, 0.2) is 60.7 Å². The Labute approximate surface area is 128 Å². The minimum absolute atomic E-state index is 0. The van der Waals surface area contributed by atoms with Crippen molar-refractivity contribution in [2.45, 2.75) is 0 Å². The van der Waals surface area contributed by atoms with Crippen LogP contribution in [0.25, 0.3) is 0 Å². The summed E-state index contributed by atoms with van der Waals surface area (Å²) in [6.07, 6.45) is 0. The fourth-order valence-electron chi connectivity index (χ4n) is 1.23. The monoisotopic (exact) mass is 360 g/mol. The first kappa shape index (κ1) is 13.9. The van der Waals surface area contributed by atoms with E-state index >= 15 is 0 Å². The summed E-state index contributed by atoms with van der Waals surface area (Å²) in [6, 6.07) is 18.4. The fourth-order valence-corrected chi connectivity index (χ4v) is 2.16. The molecule has 4 heteroatoms. The average molecular weight is 362 g/mol. The Morgan fingerprint density at radius 3 is 1.88 bits per heavy atom. The van der Waals surface area contributed by atoms with Crippen molar-refractivity contribution in [3.63, 3.8) is 0 Å². The van der Waals surface area contributed by atoms with E-state index in [9.17, 15) is 4.57 Å². The third kappa shape index (κ3) is 4.00. The zero-order valence-electron chi connectivity index (χ0n) is 8.59. The molecule has 2 nitrogen and oxygen atoms in total. The molecule has 16 heavy (non-hydrogen) atoms. The zero-order valence-corrected chi connectivity index (χ0v) is 12.8. The molecule has 0 saturated carbocycles. The third-order valence-corrected chi connectivity index (χ3v) is 3.19. The van der Waals surface area contributed by atoms with Crippen LogP contribution < -0.4 is 9.83 Å². The fraction of sp³-hybridized carbons (Fsp3) is 0. The Morgan fingerprint density at radius 1 is 0.812 bits per heavy atom. The van der Waals surface area contributed by atoms with E-state index in [2.05, 4.69) is 0 Å². The molecule has 80 valence electrons. The molecule has 2 aromatic rings. The summed E-state index contributed by atoms with van der Waals surface area (Å²) in [5.41, 5.74) is 0. The van der Waals surface area contributed by atoms with Crippen molar-refractivity contribution in [1.29, 1.82) is 0 Å². The van der Waals surface area contributed by atoms with Crippen molar-refractivity contribution in [1.82, 2.24) is 0 Å². The van der Waals surface area contributed by atoms with Crippen molar-refractivity contribution < 1.29 is 49.9 Å². The van der Waals surface area contributed by atoms with Crippen LogP contribution in [0.3, 0.4) is 0 Å². The van der Waals surface area contributed by atoms with Gasteiger partial charge in [0.1, 0.15) is 5.75 Å². The van der Waals surface area contributed by atoms with E-state index in [1.54, 1.807) is 12.1 Å². The van der Waals surface area contributed by atoms with Crippen molar-refractivity contribution >= 4 is 13.3 Å². The van der Waals surface area contributed by atoms with Gasteiger partial charge in [0.15, 0.2) is 0 Å². The maximum absolute atomic E-state index is 11.8. The van der Waals surface area contributed by atoms with Crippen molar-refractivity contribution in [3.8, 4) is 5.75 Å². The van der Waals surface area contributed by atoms with Gasteiger partial charge in [0.05, 0.1) is 0 Å². The Morgan fingerprint density at radius 2 is 1.31 bits per heavy atom. The molecule has 0 radical (unpaired) electrons. The zero-order chi connectivity index (χ0) is 10.5. The van der Waals surface area contributed by atoms with Crippen LogP contribution in [-0.4, -0.2) is 0 Å². The van der Waals surface area contributed by atoms with E-state index < -0.39 is 8.03 Å². The molecule has 0 aromatic heterocycles. The predicted octanol–water partition coefficient (Wildman–Crippen LogP) is 2.87. The Kier molecular flexibility index (Phi) is 6.25. The smallest absolute Gasteiger partial charge is 0.265 e. The van der Waals surface area contributed by atoms with Gasteiger partial charge in [-0.3, -0.25) is 4.57 Å². The first-order chi connectivity index (χ1) is 7.36. The molecule has 0 aliphatic heterocycles. The molecule has 2 aromatic carbocycles. The van der Waals surface area contributed by atoms with Crippen LogP contribution in [0, 0.1) is 40.8 Å². The van der Waals surface area contributed by atoms with E-state index in [1.165, 1.54) is 0 Å². The molecule has 2 rings (SSSR count). The van der Waals surface area contributed by atoms with Gasteiger partial charge in [-0.05, 0) is 24.3 Å². The number of hydrogen-bond acceptors (Lipinski definition) is 2. The topological polar surface area (TPSA) is 26.3 Å². The van der Waals surface area contributed by atoms with Gasteiger partial charge in [-0.25, -0.2) is 0 Å². The standard InChI is InChI=1S/C12H11O2P.Nd/c13-15(12-9-5-2-6-10-12)14-11-7-3-1-4-8-11;/h1-10,15H;. The quantitative estimate of drug-likeness (QED) is 0.785. The van der Waals surface area contributed by atoms with Gasteiger partial charge in [0, 0.05) is 46.1 Å². The van der Waals surface area contributed by atoms with Gasteiger partial charge in [-0.1, -0.05) is 36.4 Å². The summed E-state index contributed by atoms with van der Waals surface area (Å²) in [5, 5.41) is 0.742. The number of benzene rings is 2. The Balaban J connectivity index is 0.00000128. The molecule has 0 N–H and O–H groups in total. The van der Waals surface area contributed by atoms with Gasteiger partial charge in [-0.15, -0.1) is 0 Å². The van der Waals surface area contributed by atoms with Crippen LogP contribution in [0.4, 0.5) is 0 Å². The summed E-state index contributed by atoms with van der Waals surface area (Å²) >= 11 is 0. The molecule has 0 saturated heterocycles. The summed E-state index contributed by atoms with van der Waals surface area (Å²) in [5.74, 6) is 0.644. The second-order valence-electron chi connectivity index (χ2n) is 3.07. The van der Waals surface area contributed by atoms with E-state index in [1.807, 2.05) is 48.5 Å². The van der Waals surface area contributed by atoms with Gasteiger partial charge in [-0.2, -0.15) is 0 Å². The molecule has 0 amide bonds. The van der Waals surface area contributed by atoms with Crippen LogP contribution in [0.1, 0.15) is 0 Å². The molecule has 1 unspecified atom stereocenters. The third-order valence-electron chi connectivity index (χ3n) is 1.96. The molecule has 0 fully saturated rings. The van der Waals surface area contributed by atoms with Gasteiger partial charge < -0.3 is 4.52 Å². The molecular weight excluding hydrogens is 351 g/mol. The van der Waals surface area contributed by atoms with Gasteiger partial charge in [0.25, 0.3) is 8.03 Å². The first-order valence-electron chi connectivity index (χ1n) is 4.68. The van der Waals surface area contributed by atoms with Crippen LogP contribution in [-0.2, 0) is 4.57 Å². The summed E-state index contributed by atoms with van der Waals surface area (Å²) in [6.45, 7) is 0. The van der Waals surface area contributed by atoms with Crippen molar-refractivity contribution in [2.75, 3.05) is 0 Å². The Bertz CT molecular complexity index is 445. The molecule has 0 aliphatic carbocycles. The normalized spacial score (nSPS) is 11.2. The largest absolute Gasteiger partial charge is 0.442 e. The van der Waals surface area contributed by atoms with Crippen LogP contribution in [0.2, 0.25) is 0 Å². The molecule has 0 aliphatic rings. The average Bonchev–Trinajstić information content (AvgIpc) is 2.31. The minimum Gasteiger partial charge on any atom is -0.442 e. The second kappa shape index (κ2) is 7.21. The van der Waals surface area contributed by atoms with E-state index in [4.69, 9.17) is 4.52 Å². The number of para-hydroxylation sites is 1. The van der Waals surface area contributed by atoms with Crippen LogP contribution >= 0.6 is 8.03 Å². The molecule has 1 atom stereocenters. The minimum atomic E-state index is -2.17. The predicted molar refractivity (Wildman–Crippen MR) is 62.1 cm³/mol. The summed E-state index contributed by atoms with van der Waals surface area (Å²) < 4.78 is 17.1. The SMILES string of the molecule is O=[PH](Oc1ccccc1)c1ccccc1.[Nd]. The van der Waals surface area contributed by atoms with Crippen molar-refractivity contribution in [3.05, 3.63) is 60.7 Å². The molecular formula is C12H11NdO2P. The maximum atomic E-state index is 11.8. The van der Waals surface area contributed by atoms with Gasteiger partial charge >= 0.3 is 0 Å². The molecule has 0 bridgehead atoms. The molecule has 0 heterocycles. The number of hydrogen-bond donors (Lipinski definition) is 0. The summed E-state index contributed by atoms with van der Waals surface area (Å²) in [4.78, 5) is 0. The number of rotatable bonds is 3. The van der Waals surface area contributed by atoms with E-state index in [0.717, 1.165) is 5.30 Å². The first-order valence-corrected chi connectivity index (χ1v) is 6.00. The van der Waals surface area contributed by atoms with Crippen molar-refractivity contribution in [2.24, 2.45) is 0 Å². The van der Waals surface area contributed by atoms with Gasteiger partial charge in [0.2, 0.25) is 0 Å². The van der Waals surface area contributed by atoms with E-state index in [0.29, 0.717) is 5.75 Å². The molecule has 0 spiro atoms. The maximum Gasteiger partial charge on any atom is 0.265 e. The van der Waals surface area contributed by atoms with E-state index in [-0.39, 0.29) is 40.8 Å². The Hall–Kier alpha value is -0.179. The van der Waals surface area contributed by atoms with Crippen LogP contribution in [0.5, 0.6) is 5.75 Å².